The monoisotopic (exact) mass is 282 g/mol. The fraction of sp³-hybridized carbons (Fsp3) is 0. The molecule has 0 fully saturated rings. The van der Waals surface area contributed by atoms with E-state index in [1.54, 1.807) is 0 Å². The lowest BCUT2D eigenvalue weighted by atomic mass is 10.3. The van der Waals surface area contributed by atoms with Crippen molar-refractivity contribution >= 4 is 40.4 Å². The van der Waals surface area contributed by atoms with Gasteiger partial charge in [-0.1, -0.05) is 23.2 Å². The molecule has 0 saturated carbocycles. The molecule has 0 spiro atoms. The predicted molar refractivity (Wildman–Crippen MR) is 68.0 cm³/mol. The Labute approximate surface area is 112 Å². The van der Waals surface area contributed by atoms with Gasteiger partial charge in [0.1, 0.15) is 23.1 Å². The second kappa shape index (κ2) is 5.17. The van der Waals surface area contributed by atoms with E-state index in [1.165, 1.54) is 24.5 Å². The van der Waals surface area contributed by atoms with Crippen LogP contribution in [-0.4, -0.2) is 9.97 Å². The van der Waals surface area contributed by atoms with Gasteiger partial charge < -0.3 is 5.32 Å². The molecule has 2 rings (SSSR count). The highest BCUT2D eigenvalue weighted by atomic mass is 35.5. The third kappa shape index (κ3) is 2.50. The zero-order valence-corrected chi connectivity index (χ0v) is 10.3. The highest BCUT2D eigenvalue weighted by molar-refractivity contribution is 6.32. The number of halogens is 3. The number of rotatable bonds is 2. The number of hydrogen-bond acceptors (Lipinski definition) is 3. The zero-order valence-electron chi connectivity index (χ0n) is 8.78. The van der Waals surface area contributed by atoms with Gasteiger partial charge in [0.05, 0.1) is 11.6 Å². The maximum atomic E-state index is 13.0. The van der Waals surface area contributed by atoms with Crippen LogP contribution in [0.15, 0.2) is 24.5 Å². The van der Waals surface area contributed by atoms with Gasteiger partial charge in [-0.25, -0.2) is 19.2 Å². The molecule has 1 N–H and O–H groups in total. The van der Waals surface area contributed by atoms with Crippen LogP contribution in [0.25, 0.3) is 4.85 Å². The van der Waals surface area contributed by atoms with Crippen molar-refractivity contribution in [2.75, 3.05) is 5.32 Å². The molecule has 1 aromatic heterocycles. The molecule has 90 valence electrons. The van der Waals surface area contributed by atoms with E-state index < -0.39 is 5.82 Å². The summed E-state index contributed by atoms with van der Waals surface area (Å²) < 4.78 is 13.0. The van der Waals surface area contributed by atoms with Crippen LogP contribution in [0.3, 0.4) is 0 Å². The molecule has 1 aromatic carbocycles. The Kier molecular flexibility index (Phi) is 3.60. The van der Waals surface area contributed by atoms with Gasteiger partial charge in [-0.05, 0) is 18.2 Å². The summed E-state index contributed by atoms with van der Waals surface area (Å²) in [6.07, 6.45) is 1.23. The molecule has 0 amide bonds. The van der Waals surface area contributed by atoms with E-state index >= 15 is 0 Å². The van der Waals surface area contributed by atoms with Gasteiger partial charge in [0.25, 0.3) is 5.69 Å². The van der Waals surface area contributed by atoms with Crippen molar-refractivity contribution < 1.29 is 4.39 Å². The Bertz CT molecular complexity index is 639. The predicted octanol–water partition coefficient (Wildman–Crippen LogP) is 4.22. The molecule has 7 heteroatoms. The number of benzene rings is 1. The van der Waals surface area contributed by atoms with Crippen LogP contribution in [0.4, 0.5) is 21.6 Å². The summed E-state index contributed by atoms with van der Waals surface area (Å²) in [5.41, 5.74) is 0.598. The van der Waals surface area contributed by atoms with Gasteiger partial charge in [0.2, 0.25) is 0 Å². The van der Waals surface area contributed by atoms with Crippen molar-refractivity contribution in [3.8, 4) is 0 Å². The summed E-state index contributed by atoms with van der Waals surface area (Å²) >= 11 is 11.4. The Morgan fingerprint density at radius 1 is 1.28 bits per heavy atom. The molecule has 0 aliphatic carbocycles. The first-order chi connectivity index (χ1) is 8.61. The molecular weight excluding hydrogens is 278 g/mol. The maximum absolute atomic E-state index is 13.0. The third-order valence-corrected chi connectivity index (χ3v) is 2.64. The zero-order chi connectivity index (χ0) is 13.1. The summed E-state index contributed by atoms with van der Waals surface area (Å²) in [6, 6.07) is 4.08. The first-order valence-electron chi connectivity index (χ1n) is 4.72. The fourth-order valence-electron chi connectivity index (χ4n) is 1.26. The Hall–Kier alpha value is -1.90. The average molecular weight is 283 g/mol. The molecular formula is C11H5Cl2FN4. The topological polar surface area (TPSA) is 42.2 Å². The third-order valence-electron chi connectivity index (χ3n) is 2.07. The number of hydrogen-bond donors (Lipinski definition) is 1. The molecule has 2 aromatic rings. The molecule has 0 radical (unpaired) electrons. The summed E-state index contributed by atoms with van der Waals surface area (Å²) in [5, 5.41) is 2.86. The van der Waals surface area contributed by atoms with Crippen LogP contribution >= 0.6 is 23.2 Å². The van der Waals surface area contributed by atoms with Crippen LogP contribution in [-0.2, 0) is 0 Å². The minimum atomic E-state index is -0.520. The Morgan fingerprint density at radius 2 is 2.06 bits per heavy atom. The van der Waals surface area contributed by atoms with Gasteiger partial charge in [0, 0.05) is 5.69 Å². The molecule has 0 aliphatic heterocycles. The Balaban J connectivity index is 2.37. The largest absolute Gasteiger partial charge is 0.349 e. The Morgan fingerprint density at radius 3 is 2.72 bits per heavy atom. The highest BCUT2D eigenvalue weighted by Crippen LogP contribution is 2.32. The number of nitrogens with one attached hydrogen (secondary N) is 1. The van der Waals surface area contributed by atoms with Crippen molar-refractivity contribution in [3.05, 3.63) is 51.9 Å². The number of aromatic nitrogens is 2. The molecule has 18 heavy (non-hydrogen) atoms. The SMILES string of the molecule is [C-]#[N+]c1c(Cl)ncnc1Nc1ccc(F)c(Cl)c1. The summed E-state index contributed by atoms with van der Waals surface area (Å²) in [7, 11) is 0. The van der Waals surface area contributed by atoms with E-state index in [2.05, 4.69) is 20.1 Å². The second-order valence-corrected chi connectivity index (χ2v) is 3.99. The molecule has 0 unspecified atom stereocenters. The van der Waals surface area contributed by atoms with Gasteiger partial charge >= 0.3 is 0 Å². The maximum Gasteiger partial charge on any atom is 0.264 e. The van der Waals surface area contributed by atoms with Crippen molar-refractivity contribution in [1.82, 2.24) is 9.97 Å². The fourth-order valence-corrected chi connectivity index (χ4v) is 1.61. The molecule has 0 bridgehead atoms. The van der Waals surface area contributed by atoms with Gasteiger partial charge in [0.15, 0.2) is 0 Å². The lowest BCUT2D eigenvalue weighted by molar-refractivity contribution is 0.628. The molecule has 0 aliphatic rings. The van der Waals surface area contributed by atoms with Crippen LogP contribution in [0.1, 0.15) is 0 Å². The van der Waals surface area contributed by atoms with E-state index in [0.717, 1.165) is 0 Å². The van der Waals surface area contributed by atoms with Crippen molar-refractivity contribution in [2.24, 2.45) is 0 Å². The molecule has 1 heterocycles. The minimum Gasteiger partial charge on any atom is -0.349 e. The summed E-state index contributed by atoms with van der Waals surface area (Å²) in [6.45, 7) is 7.00. The van der Waals surface area contributed by atoms with Gasteiger partial charge in [-0.15, -0.1) is 0 Å². The number of nitrogens with zero attached hydrogens (tertiary/aromatic N) is 3. The first kappa shape index (κ1) is 12.6. The molecule has 4 nitrogen and oxygen atoms in total. The summed E-state index contributed by atoms with van der Waals surface area (Å²) in [4.78, 5) is 10.8. The van der Waals surface area contributed by atoms with Crippen LogP contribution in [0, 0.1) is 12.4 Å². The molecule has 0 saturated heterocycles. The van der Waals surface area contributed by atoms with Crippen LogP contribution in [0.5, 0.6) is 0 Å². The van der Waals surface area contributed by atoms with E-state index in [0.29, 0.717) is 5.69 Å². The van der Waals surface area contributed by atoms with Gasteiger partial charge in [-0.3, -0.25) is 0 Å². The summed E-state index contributed by atoms with van der Waals surface area (Å²) in [5.74, 6) is -0.277. The highest BCUT2D eigenvalue weighted by Gasteiger charge is 2.10. The molecule has 0 atom stereocenters. The van der Waals surface area contributed by atoms with E-state index in [9.17, 15) is 4.39 Å². The van der Waals surface area contributed by atoms with Crippen molar-refractivity contribution in [1.29, 1.82) is 0 Å². The lowest BCUT2D eigenvalue weighted by Crippen LogP contribution is -1.95. The van der Waals surface area contributed by atoms with E-state index in [-0.39, 0.29) is 21.7 Å². The lowest BCUT2D eigenvalue weighted by Gasteiger charge is -2.08. The van der Waals surface area contributed by atoms with Crippen LogP contribution < -0.4 is 5.32 Å². The average Bonchev–Trinajstić information content (AvgIpc) is 2.34. The van der Waals surface area contributed by atoms with E-state index in [1.807, 2.05) is 0 Å². The second-order valence-electron chi connectivity index (χ2n) is 3.23. The minimum absolute atomic E-state index is 0.0236. The van der Waals surface area contributed by atoms with Crippen molar-refractivity contribution in [2.45, 2.75) is 0 Å². The quantitative estimate of drug-likeness (QED) is 0.663. The van der Waals surface area contributed by atoms with Crippen molar-refractivity contribution in [3.63, 3.8) is 0 Å². The first-order valence-corrected chi connectivity index (χ1v) is 5.47. The van der Waals surface area contributed by atoms with E-state index in [4.69, 9.17) is 29.8 Å². The number of anilines is 2. The van der Waals surface area contributed by atoms with Crippen LogP contribution in [0.2, 0.25) is 10.2 Å². The normalized spacial score (nSPS) is 9.89. The van der Waals surface area contributed by atoms with Gasteiger partial charge in [-0.2, -0.15) is 0 Å². The smallest absolute Gasteiger partial charge is 0.264 e. The standard InChI is InChI=1S/C11H5Cl2FN4/c1-15-9-10(13)16-5-17-11(9)18-6-2-3-8(14)7(12)4-6/h2-5H,(H,16,17,18).